The van der Waals surface area contributed by atoms with E-state index in [0.29, 0.717) is 11.3 Å². The molecule has 0 aliphatic rings. The molecule has 0 saturated carbocycles. The second kappa shape index (κ2) is 7.49. The number of hydrogen-bond donors (Lipinski definition) is 2. The van der Waals surface area contributed by atoms with Gasteiger partial charge in [-0.3, -0.25) is 4.79 Å². The minimum atomic E-state index is -1.10. The highest BCUT2D eigenvalue weighted by atomic mass is 35.5. The Labute approximate surface area is 143 Å². The maximum absolute atomic E-state index is 12.1. The van der Waals surface area contributed by atoms with Crippen molar-refractivity contribution in [1.82, 2.24) is 0 Å². The van der Waals surface area contributed by atoms with E-state index < -0.39 is 18.0 Å². The molecule has 0 aliphatic carbocycles. The summed E-state index contributed by atoms with van der Waals surface area (Å²) < 4.78 is 5.03. The molecule has 0 heterocycles. The van der Waals surface area contributed by atoms with E-state index in [4.69, 9.17) is 21.6 Å². The van der Waals surface area contributed by atoms with E-state index in [1.165, 1.54) is 31.2 Å². The number of phenols is 1. The zero-order valence-electron chi connectivity index (χ0n) is 12.6. The number of rotatable bonds is 4. The lowest BCUT2D eigenvalue weighted by atomic mass is 10.2. The van der Waals surface area contributed by atoms with Gasteiger partial charge in [0.15, 0.2) is 6.10 Å². The fraction of sp³-hybridized carbons (Fsp3) is 0.118. The lowest BCUT2D eigenvalue weighted by molar-refractivity contribution is -0.123. The molecule has 0 saturated heterocycles. The molecule has 0 fully saturated rings. The number of nitrogens with zero attached hydrogens (tertiary/aromatic N) is 1. The summed E-state index contributed by atoms with van der Waals surface area (Å²) in [6, 6.07) is 12.2. The van der Waals surface area contributed by atoms with Gasteiger partial charge < -0.3 is 15.2 Å². The van der Waals surface area contributed by atoms with Crippen molar-refractivity contribution in [3.05, 3.63) is 58.6 Å². The topological polar surface area (TPSA) is 99.4 Å². The van der Waals surface area contributed by atoms with Crippen molar-refractivity contribution in [2.24, 2.45) is 0 Å². The standard InChI is InChI=1S/C17H13ClN2O4/c1-10(16(22)20-13-4-2-3-11(7-13)9-19)24-17(23)14-6-5-12(18)8-15(14)21/h2-8,10,21H,1H3,(H,20,22)/t10-/m0/s1. The van der Waals surface area contributed by atoms with Gasteiger partial charge in [-0.15, -0.1) is 0 Å². The summed E-state index contributed by atoms with van der Waals surface area (Å²) in [6.07, 6.45) is -1.10. The number of phenolic OH excluding ortho intramolecular Hbond substituents is 1. The molecule has 24 heavy (non-hydrogen) atoms. The Morgan fingerprint density at radius 3 is 2.71 bits per heavy atom. The van der Waals surface area contributed by atoms with E-state index in [-0.39, 0.29) is 16.3 Å². The van der Waals surface area contributed by atoms with Gasteiger partial charge in [0, 0.05) is 10.7 Å². The predicted octanol–water partition coefficient (Wildman–Crippen LogP) is 3.10. The molecule has 2 aromatic carbocycles. The monoisotopic (exact) mass is 344 g/mol. The van der Waals surface area contributed by atoms with Gasteiger partial charge in [0.25, 0.3) is 5.91 Å². The van der Waals surface area contributed by atoms with Crippen LogP contribution in [-0.4, -0.2) is 23.1 Å². The van der Waals surface area contributed by atoms with Crippen LogP contribution in [0, 0.1) is 11.3 Å². The summed E-state index contributed by atoms with van der Waals surface area (Å²) in [5.74, 6) is -1.74. The summed E-state index contributed by atoms with van der Waals surface area (Å²) in [5, 5.41) is 21.3. The first-order valence-electron chi connectivity index (χ1n) is 6.91. The van der Waals surface area contributed by atoms with E-state index in [0.717, 1.165) is 0 Å². The number of anilines is 1. The van der Waals surface area contributed by atoms with Crippen molar-refractivity contribution in [3.63, 3.8) is 0 Å². The molecule has 0 spiro atoms. The van der Waals surface area contributed by atoms with E-state index >= 15 is 0 Å². The normalized spacial score (nSPS) is 11.2. The highest BCUT2D eigenvalue weighted by molar-refractivity contribution is 6.30. The number of amides is 1. The molecule has 7 heteroatoms. The number of carbonyl (C=O) groups is 2. The maximum Gasteiger partial charge on any atom is 0.342 e. The molecule has 0 aliphatic heterocycles. The van der Waals surface area contributed by atoms with Crippen LogP contribution in [0.3, 0.4) is 0 Å². The van der Waals surface area contributed by atoms with Crippen LogP contribution in [0.25, 0.3) is 0 Å². The van der Waals surface area contributed by atoms with E-state index in [2.05, 4.69) is 5.32 Å². The molecule has 0 aromatic heterocycles. The number of esters is 1. The molecular weight excluding hydrogens is 332 g/mol. The van der Waals surface area contributed by atoms with E-state index in [9.17, 15) is 14.7 Å². The number of ether oxygens (including phenoxy) is 1. The Balaban J connectivity index is 2.03. The third-order valence-corrected chi connectivity index (χ3v) is 3.33. The fourth-order valence-corrected chi connectivity index (χ4v) is 2.03. The highest BCUT2D eigenvalue weighted by Gasteiger charge is 2.21. The number of nitrogens with one attached hydrogen (secondary N) is 1. The Bertz CT molecular complexity index is 830. The minimum Gasteiger partial charge on any atom is -0.507 e. The number of carbonyl (C=O) groups excluding carboxylic acids is 2. The predicted molar refractivity (Wildman–Crippen MR) is 87.8 cm³/mol. The molecule has 2 aromatic rings. The van der Waals surface area contributed by atoms with Crippen molar-refractivity contribution in [3.8, 4) is 11.8 Å². The average molecular weight is 345 g/mol. The summed E-state index contributed by atoms with van der Waals surface area (Å²) in [4.78, 5) is 24.1. The highest BCUT2D eigenvalue weighted by Crippen LogP contribution is 2.23. The lowest BCUT2D eigenvalue weighted by Gasteiger charge is -2.14. The minimum absolute atomic E-state index is 0.0921. The molecular formula is C17H13ClN2O4. The van der Waals surface area contributed by atoms with Crippen LogP contribution in [0.1, 0.15) is 22.8 Å². The Morgan fingerprint density at radius 1 is 1.29 bits per heavy atom. The number of benzene rings is 2. The number of nitriles is 1. The average Bonchev–Trinajstić information content (AvgIpc) is 2.54. The number of aromatic hydroxyl groups is 1. The van der Waals surface area contributed by atoms with Crippen LogP contribution in [0.15, 0.2) is 42.5 Å². The third kappa shape index (κ3) is 4.24. The lowest BCUT2D eigenvalue weighted by Crippen LogP contribution is -2.30. The van der Waals surface area contributed by atoms with Crippen molar-refractivity contribution in [2.45, 2.75) is 13.0 Å². The molecule has 1 atom stereocenters. The van der Waals surface area contributed by atoms with Crippen LogP contribution >= 0.6 is 11.6 Å². The van der Waals surface area contributed by atoms with Crippen LogP contribution in [0.5, 0.6) is 5.75 Å². The van der Waals surface area contributed by atoms with Crippen LogP contribution < -0.4 is 5.32 Å². The van der Waals surface area contributed by atoms with Gasteiger partial charge in [-0.25, -0.2) is 4.79 Å². The smallest absolute Gasteiger partial charge is 0.342 e. The van der Waals surface area contributed by atoms with Gasteiger partial charge in [0.2, 0.25) is 0 Å². The number of hydrogen-bond acceptors (Lipinski definition) is 5. The van der Waals surface area contributed by atoms with Gasteiger partial charge in [-0.2, -0.15) is 5.26 Å². The van der Waals surface area contributed by atoms with E-state index in [1.54, 1.807) is 18.2 Å². The van der Waals surface area contributed by atoms with Crippen molar-refractivity contribution < 1.29 is 19.4 Å². The molecule has 2 N–H and O–H groups in total. The number of halogens is 1. The van der Waals surface area contributed by atoms with E-state index in [1.807, 2.05) is 6.07 Å². The zero-order chi connectivity index (χ0) is 17.7. The first-order chi connectivity index (χ1) is 11.4. The molecule has 2 rings (SSSR count). The molecule has 0 unspecified atom stereocenters. The van der Waals surface area contributed by atoms with Gasteiger partial charge in [0.05, 0.1) is 11.6 Å². The van der Waals surface area contributed by atoms with Gasteiger partial charge >= 0.3 is 5.97 Å². The van der Waals surface area contributed by atoms with Crippen LogP contribution in [-0.2, 0) is 9.53 Å². The Hall–Kier alpha value is -3.04. The SMILES string of the molecule is C[C@H](OC(=O)c1ccc(Cl)cc1O)C(=O)Nc1cccc(C#N)c1. The van der Waals surface area contributed by atoms with Gasteiger partial charge in [0.1, 0.15) is 11.3 Å². The Kier molecular flexibility index (Phi) is 5.40. The van der Waals surface area contributed by atoms with Gasteiger partial charge in [-0.05, 0) is 43.3 Å². The van der Waals surface area contributed by atoms with Crippen molar-refractivity contribution >= 4 is 29.2 Å². The summed E-state index contributed by atoms with van der Waals surface area (Å²) in [6.45, 7) is 1.40. The zero-order valence-corrected chi connectivity index (χ0v) is 13.4. The molecule has 0 bridgehead atoms. The molecule has 1 amide bonds. The first-order valence-corrected chi connectivity index (χ1v) is 7.29. The Morgan fingerprint density at radius 2 is 2.04 bits per heavy atom. The van der Waals surface area contributed by atoms with Crippen molar-refractivity contribution in [1.29, 1.82) is 5.26 Å². The third-order valence-electron chi connectivity index (χ3n) is 3.09. The summed E-state index contributed by atoms with van der Waals surface area (Å²) >= 11 is 5.69. The summed E-state index contributed by atoms with van der Waals surface area (Å²) in [7, 11) is 0. The second-order valence-corrected chi connectivity index (χ2v) is 5.33. The second-order valence-electron chi connectivity index (χ2n) is 4.89. The molecule has 122 valence electrons. The fourth-order valence-electron chi connectivity index (χ4n) is 1.87. The summed E-state index contributed by atoms with van der Waals surface area (Å²) in [5.41, 5.74) is 0.713. The maximum atomic E-state index is 12.1. The molecule has 0 radical (unpaired) electrons. The largest absolute Gasteiger partial charge is 0.507 e. The van der Waals surface area contributed by atoms with Gasteiger partial charge in [-0.1, -0.05) is 17.7 Å². The van der Waals surface area contributed by atoms with Crippen LogP contribution in [0.4, 0.5) is 5.69 Å². The van der Waals surface area contributed by atoms with Crippen LogP contribution in [0.2, 0.25) is 5.02 Å². The quantitative estimate of drug-likeness (QED) is 0.830. The van der Waals surface area contributed by atoms with Crippen molar-refractivity contribution in [2.75, 3.05) is 5.32 Å². The molecule has 6 nitrogen and oxygen atoms in total. The first kappa shape index (κ1) is 17.3.